The Labute approximate surface area is 105 Å². The number of aryl methyl sites for hydroxylation is 2. The third-order valence-electron chi connectivity index (χ3n) is 3.26. The van der Waals surface area contributed by atoms with Crippen LogP contribution in [0.2, 0.25) is 0 Å². The van der Waals surface area contributed by atoms with Crippen molar-refractivity contribution in [3.8, 4) is 0 Å². The molecule has 1 nitrogen and oxygen atoms in total. The SMILES string of the molecule is CCC(=Cc1cc(C)cc(C)c1)CNC1CC1. The van der Waals surface area contributed by atoms with E-state index in [-0.39, 0.29) is 0 Å². The van der Waals surface area contributed by atoms with Crippen LogP contribution in [-0.4, -0.2) is 12.6 Å². The molecule has 0 bridgehead atoms. The van der Waals surface area contributed by atoms with Crippen molar-refractivity contribution in [1.29, 1.82) is 0 Å². The topological polar surface area (TPSA) is 12.0 Å². The Morgan fingerprint density at radius 1 is 1.24 bits per heavy atom. The summed E-state index contributed by atoms with van der Waals surface area (Å²) in [7, 11) is 0. The standard InChI is InChI=1S/C16H23N/c1-4-14(11-17-16-5-6-16)10-15-8-12(2)7-13(3)9-15/h7-10,16-17H,4-6,11H2,1-3H3. The number of nitrogens with one attached hydrogen (secondary N) is 1. The fraction of sp³-hybridized carbons (Fsp3) is 0.500. The van der Waals surface area contributed by atoms with Gasteiger partial charge in [0.15, 0.2) is 0 Å². The van der Waals surface area contributed by atoms with Gasteiger partial charge in [-0.1, -0.05) is 47.9 Å². The van der Waals surface area contributed by atoms with Crippen LogP contribution in [-0.2, 0) is 0 Å². The zero-order valence-corrected chi connectivity index (χ0v) is 11.2. The van der Waals surface area contributed by atoms with Gasteiger partial charge in [0.2, 0.25) is 0 Å². The highest BCUT2D eigenvalue weighted by atomic mass is 14.9. The lowest BCUT2D eigenvalue weighted by atomic mass is 10.0. The maximum Gasteiger partial charge on any atom is 0.0170 e. The molecule has 1 N–H and O–H groups in total. The van der Waals surface area contributed by atoms with Crippen LogP contribution in [0.4, 0.5) is 0 Å². The fourth-order valence-corrected chi connectivity index (χ4v) is 2.17. The van der Waals surface area contributed by atoms with E-state index in [1.165, 1.54) is 35.1 Å². The van der Waals surface area contributed by atoms with E-state index < -0.39 is 0 Å². The molecule has 0 amide bonds. The fourth-order valence-electron chi connectivity index (χ4n) is 2.17. The van der Waals surface area contributed by atoms with Crippen molar-refractivity contribution in [2.45, 2.75) is 46.1 Å². The molecule has 0 aromatic heterocycles. The van der Waals surface area contributed by atoms with Crippen LogP contribution in [0.5, 0.6) is 0 Å². The van der Waals surface area contributed by atoms with Gasteiger partial charge in [0, 0.05) is 12.6 Å². The minimum absolute atomic E-state index is 0.796. The average molecular weight is 229 g/mol. The highest BCUT2D eigenvalue weighted by Crippen LogP contribution is 2.20. The largest absolute Gasteiger partial charge is 0.310 e. The van der Waals surface area contributed by atoms with Gasteiger partial charge in [-0.2, -0.15) is 0 Å². The summed E-state index contributed by atoms with van der Waals surface area (Å²) in [6, 6.07) is 7.55. The molecule has 1 saturated carbocycles. The maximum atomic E-state index is 3.59. The van der Waals surface area contributed by atoms with Gasteiger partial charge in [-0.15, -0.1) is 0 Å². The molecule has 92 valence electrons. The third kappa shape index (κ3) is 4.01. The van der Waals surface area contributed by atoms with Gasteiger partial charge in [0.25, 0.3) is 0 Å². The van der Waals surface area contributed by atoms with Gasteiger partial charge in [0.1, 0.15) is 0 Å². The molecule has 0 spiro atoms. The van der Waals surface area contributed by atoms with Gasteiger partial charge in [-0.05, 0) is 38.7 Å². The number of hydrogen-bond donors (Lipinski definition) is 1. The van der Waals surface area contributed by atoms with Crippen LogP contribution in [0.25, 0.3) is 6.08 Å². The molecule has 0 unspecified atom stereocenters. The zero-order valence-electron chi connectivity index (χ0n) is 11.2. The van der Waals surface area contributed by atoms with Crippen molar-refractivity contribution in [3.05, 3.63) is 40.5 Å². The molecule has 1 aromatic rings. The predicted octanol–water partition coefficient (Wildman–Crippen LogP) is 3.85. The third-order valence-corrected chi connectivity index (χ3v) is 3.26. The average Bonchev–Trinajstić information content (AvgIpc) is 3.06. The summed E-state index contributed by atoms with van der Waals surface area (Å²) in [5.74, 6) is 0. The predicted molar refractivity (Wildman–Crippen MR) is 75.2 cm³/mol. The van der Waals surface area contributed by atoms with E-state index in [9.17, 15) is 0 Å². The molecule has 0 heterocycles. The van der Waals surface area contributed by atoms with Crippen LogP contribution >= 0.6 is 0 Å². The minimum atomic E-state index is 0.796. The van der Waals surface area contributed by atoms with Crippen molar-refractivity contribution in [3.63, 3.8) is 0 Å². The summed E-state index contributed by atoms with van der Waals surface area (Å²) in [6.07, 6.45) is 6.20. The highest BCUT2D eigenvalue weighted by Gasteiger charge is 2.19. The smallest absolute Gasteiger partial charge is 0.0170 e. The Morgan fingerprint density at radius 2 is 1.88 bits per heavy atom. The Kier molecular flexibility index (Phi) is 4.01. The molecule has 1 aliphatic carbocycles. The maximum absolute atomic E-state index is 3.59. The van der Waals surface area contributed by atoms with E-state index in [0.717, 1.165) is 19.0 Å². The first kappa shape index (κ1) is 12.4. The second-order valence-electron chi connectivity index (χ2n) is 5.23. The molecule has 2 rings (SSSR count). The highest BCUT2D eigenvalue weighted by molar-refractivity contribution is 5.55. The quantitative estimate of drug-likeness (QED) is 0.808. The second-order valence-corrected chi connectivity index (χ2v) is 5.23. The molecule has 17 heavy (non-hydrogen) atoms. The lowest BCUT2D eigenvalue weighted by molar-refractivity contribution is 0.723. The lowest BCUT2D eigenvalue weighted by Gasteiger charge is -2.07. The number of rotatable bonds is 5. The van der Waals surface area contributed by atoms with Gasteiger partial charge in [-0.3, -0.25) is 0 Å². The van der Waals surface area contributed by atoms with E-state index >= 15 is 0 Å². The van der Waals surface area contributed by atoms with Crippen LogP contribution in [0.1, 0.15) is 42.9 Å². The van der Waals surface area contributed by atoms with Gasteiger partial charge < -0.3 is 5.32 Å². The Morgan fingerprint density at radius 3 is 2.41 bits per heavy atom. The summed E-state index contributed by atoms with van der Waals surface area (Å²) in [4.78, 5) is 0. The van der Waals surface area contributed by atoms with Gasteiger partial charge >= 0.3 is 0 Å². The van der Waals surface area contributed by atoms with E-state index in [1.54, 1.807) is 0 Å². The van der Waals surface area contributed by atoms with Crippen LogP contribution in [0, 0.1) is 13.8 Å². The van der Waals surface area contributed by atoms with Crippen LogP contribution < -0.4 is 5.32 Å². The lowest BCUT2D eigenvalue weighted by Crippen LogP contribution is -2.18. The molecule has 1 fully saturated rings. The second kappa shape index (κ2) is 5.50. The first-order valence-electron chi connectivity index (χ1n) is 6.68. The van der Waals surface area contributed by atoms with Gasteiger partial charge in [0.05, 0.1) is 0 Å². The van der Waals surface area contributed by atoms with Gasteiger partial charge in [-0.25, -0.2) is 0 Å². The molecule has 0 radical (unpaired) electrons. The van der Waals surface area contributed by atoms with E-state index in [2.05, 4.69) is 50.4 Å². The first-order chi connectivity index (χ1) is 8.17. The Bertz CT molecular complexity index is 393. The summed E-state index contributed by atoms with van der Waals surface area (Å²) in [5.41, 5.74) is 5.54. The van der Waals surface area contributed by atoms with E-state index in [4.69, 9.17) is 0 Å². The summed E-state index contributed by atoms with van der Waals surface area (Å²) in [6.45, 7) is 7.62. The minimum Gasteiger partial charge on any atom is -0.310 e. The number of benzene rings is 1. The van der Waals surface area contributed by atoms with Crippen molar-refractivity contribution >= 4 is 6.08 Å². The molecular formula is C16H23N. The molecule has 0 saturated heterocycles. The Hall–Kier alpha value is -1.08. The number of hydrogen-bond acceptors (Lipinski definition) is 1. The Balaban J connectivity index is 2.07. The monoisotopic (exact) mass is 229 g/mol. The van der Waals surface area contributed by atoms with E-state index in [1.807, 2.05) is 0 Å². The van der Waals surface area contributed by atoms with Crippen LogP contribution in [0.15, 0.2) is 23.8 Å². The van der Waals surface area contributed by atoms with Crippen molar-refractivity contribution in [2.24, 2.45) is 0 Å². The summed E-state index contributed by atoms with van der Waals surface area (Å²) in [5, 5.41) is 3.59. The molecular weight excluding hydrogens is 206 g/mol. The van der Waals surface area contributed by atoms with Crippen molar-refractivity contribution < 1.29 is 0 Å². The molecule has 0 aliphatic heterocycles. The van der Waals surface area contributed by atoms with E-state index in [0.29, 0.717) is 0 Å². The van der Waals surface area contributed by atoms with Crippen molar-refractivity contribution in [2.75, 3.05) is 6.54 Å². The normalized spacial score (nSPS) is 16.3. The molecule has 1 aliphatic rings. The van der Waals surface area contributed by atoms with Crippen LogP contribution in [0.3, 0.4) is 0 Å². The summed E-state index contributed by atoms with van der Waals surface area (Å²) >= 11 is 0. The molecule has 0 atom stereocenters. The van der Waals surface area contributed by atoms with Crippen molar-refractivity contribution in [1.82, 2.24) is 5.32 Å². The molecule has 1 aromatic carbocycles. The zero-order chi connectivity index (χ0) is 12.3. The molecule has 1 heteroatoms. The first-order valence-corrected chi connectivity index (χ1v) is 6.68. The summed E-state index contributed by atoms with van der Waals surface area (Å²) < 4.78 is 0.